The maximum atomic E-state index is 11.7. The van der Waals surface area contributed by atoms with Gasteiger partial charge in [-0.05, 0) is 19.9 Å². The minimum atomic E-state index is 0.00157. The number of nitrogens with one attached hydrogen (secondary N) is 1. The van der Waals surface area contributed by atoms with Gasteiger partial charge >= 0.3 is 0 Å². The highest BCUT2D eigenvalue weighted by Gasteiger charge is 2.13. The van der Waals surface area contributed by atoms with Gasteiger partial charge in [0.15, 0.2) is 0 Å². The van der Waals surface area contributed by atoms with Crippen molar-refractivity contribution in [2.24, 2.45) is 0 Å². The van der Waals surface area contributed by atoms with Crippen LogP contribution in [0.15, 0.2) is 12.3 Å². The Kier molecular flexibility index (Phi) is 2.95. The van der Waals surface area contributed by atoms with E-state index in [0.29, 0.717) is 24.5 Å². The highest BCUT2D eigenvalue weighted by atomic mass is 16.2. The minimum absolute atomic E-state index is 0.00157. The average molecular weight is 181 g/mol. The van der Waals surface area contributed by atoms with Crippen LogP contribution in [0.4, 0.5) is 5.69 Å². The number of anilines is 1. The molecule has 0 bridgehead atoms. The number of nitrogen functional groups attached to an aromatic ring is 1. The Hall–Kier alpha value is -1.45. The molecule has 1 aromatic heterocycles. The standard InChI is InChI=1S/C9H15N3O/c1-3-12(4-2)9(13)8-5-7(10)6-11-8/h5-6,11H,3-4,10H2,1-2H3. The second kappa shape index (κ2) is 3.98. The molecule has 0 saturated carbocycles. The Bertz CT molecular complexity index is 289. The molecule has 0 aliphatic heterocycles. The zero-order chi connectivity index (χ0) is 9.84. The van der Waals surface area contributed by atoms with Gasteiger partial charge in [-0.25, -0.2) is 0 Å². The monoisotopic (exact) mass is 181 g/mol. The van der Waals surface area contributed by atoms with Crippen molar-refractivity contribution in [3.8, 4) is 0 Å². The average Bonchev–Trinajstić information content (AvgIpc) is 2.54. The maximum absolute atomic E-state index is 11.7. The van der Waals surface area contributed by atoms with Crippen molar-refractivity contribution in [2.75, 3.05) is 18.8 Å². The van der Waals surface area contributed by atoms with Crippen LogP contribution < -0.4 is 5.73 Å². The van der Waals surface area contributed by atoms with Gasteiger partial charge in [0.25, 0.3) is 5.91 Å². The Morgan fingerprint density at radius 1 is 1.54 bits per heavy atom. The summed E-state index contributed by atoms with van der Waals surface area (Å²) in [7, 11) is 0. The smallest absolute Gasteiger partial charge is 0.270 e. The first-order chi connectivity index (χ1) is 6.19. The van der Waals surface area contributed by atoms with Gasteiger partial charge in [0.2, 0.25) is 0 Å². The topological polar surface area (TPSA) is 62.1 Å². The summed E-state index contributed by atoms with van der Waals surface area (Å²) in [4.78, 5) is 16.2. The van der Waals surface area contributed by atoms with E-state index in [1.54, 1.807) is 17.2 Å². The molecule has 1 heterocycles. The first-order valence-corrected chi connectivity index (χ1v) is 4.42. The van der Waals surface area contributed by atoms with Crippen LogP contribution in [0.2, 0.25) is 0 Å². The Balaban J connectivity index is 2.78. The molecule has 3 N–H and O–H groups in total. The summed E-state index contributed by atoms with van der Waals surface area (Å²) < 4.78 is 0. The van der Waals surface area contributed by atoms with Crippen LogP contribution in [-0.2, 0) is 0 Å². The number of hydrogen-bond acceptors (Lipinski definition) is 2. The van der Waals surface area contributed by atoms with E-state index in [0.717, 1.165) is 0 Å². The van der Waals surface area contributed by atoms with Crippen LogP contribution in [0.5, 0.6) is 0 Å². The molecule has 0 atom stereocenters. The number of carbonyl (C=O) groups excluding carboxylic acids is 1. The zero-order valence-electron chi connectivity index (χ0n) is 8.00. The number of nitrogens with two attached hydrogens (primary N) is 1. The van der Waals surface area contributed by atoms with E-state index in [4.69, 9.17) is 5.73 Å². The molecule has 4 heteroatoms. The first-order valence-electron chi connectivity index (χ1n) is 4.42. The van der Waals surface area contributed by atoms with Gasteiger partial charge in [-0.3, -0.25) is 4.79 Å². The molecule has 72 valence electrons. The van der Waals surface area contributed by atoms with E-state index < -0.39 is 0 Å². The van der Waals surface area contributed by atoms with Gasteiger partial charge in [0.1, 0.15) is 5.69 Å². The normalized spacial score (nSPS) is 10.0. The van der Waals surface area contributed by atoms with Crippen LogP contribution in [0, 0.1) is 0 Å². The van der Waals surface area contributed by atoms with E-state index in [2.05, 4.69) is 4.98 Å². The van der Waals surface area contributed by atoms with Gasteiger partial charge in [0.05, 0.1) is 0 Å². The quantitative estimate of drug-likeness (QED) is 0.733. The van der Waals surface area contributed by atoms with Crippen molar-refractivity contribution in [2.45, 2.75) is 13.8 Å². The minimum Gasteiger partial charge on any atom is -0.397 e. The lowest BCUT2D eigenvalue weighted by Crippen LogP contribution is -2.30. The fourth-order valence-corrected chi connectivity index (χ4v) is 1.22. The third kappa shape index (κ3) is 2.02. The number of amides is 1. The van der Waals surface area contributed by atoms with Crippen molar-refractivity contribution in [1.29, 1.82) is 0 Å². The molecular formula is C9H15N3O. The van der Waals surface area contributed by atoms with Gasteiger partial charge in [-0.2, -0.15) is 0 Å². The molecule has 0 radical (unpaired) electrons. The van der Waals surface area contributed by atoms with Crippen LogP contribution in [0.25, 0.3) is 0 Å². The van der Waals surface area contributed by atoms with E-state index in [1.807, 2.05) is 13.8 Å². The molecule has 0 unspecified atom stereocenters. The summed E-state index contributed by atoms with van der Waals surface area (Å²) in [6.07, 6.45) is 1.62. The Morgan fingerprint density at radius 2 is 2.15 bits per heavy atom. The van der Waals surface area contributed by atoms with Crippen LogP contribution in [0.3, 0.4) is 0 Å². The highest BCUT2D eigenvalue weighted by Crippen LogP contribution is 2.07. The third-order valence-electron chi connectivity index (χ3n) is 1.99. The molecule has 1 amide bonds. The number of nitrogens with zero attached hydrogens (tertiary/aromatic N) is 1. The Morgan fingerprint density at radius 3 is 2.54 bits per heavy atom. The predicted octanol–water partition coefficient (Wildman–Crippen LogP) is 1.08. The van der Waals surface area contributed by atoms with Gasteiger partial charge in [0, 0.05) is 25.0 Å². The fraction of sp³-hybridized carbons (Fsp3) is 0.444. The van der Waals surface area contributed by atoms with E-state index in [-0.39, 0.29) is 5.91 Å². The van der Waals surface area contributed by atoms with Crippen molar-refractivity contribution >= 4 is 11.6 Å². The molecule has 0 saturated heterocycles. The summed E-state index contributed by atoms with van der Waals surface area (Å²) in [5.74, 6) is 0.00157. The molecule has 1 aromatic rings. The molecular weight excluding hydrogens is 166 g/mol. The largest absolute Gasteiger partial charge is 0.397 e. The lowest BCUT2D eigenvalue weighted by molar-refractivity contribution is 0.0768. The first kappa shape index (κ1) is 9.64. The number of aromatic amines is 1. The second-order valence-electron chi connectivity index (χ2n) is 2.82. The number of carbonyl (C=O) groups is 1. The van der Waals surface area contributed by atoms with Crippen LogP contribution in [-0.4, -0.2) is 28.9 Å². The van der Waals surface area contributed by atoms with Crippen LogP contribution in [0.1, 0.15) is 24.3 Å². The second-order valence-corrected chi connectivity index (χ2v) is 2.82. The molecule has 0 aromatic carbocycles. The molecule has 0 spiro atoms. The summed E-state index contributed by atoms with van der Waals surface area (Å²) in [6, 6.07) is 1.65. The number of H-pyrrole nitrogens is 1. The number of hydrogen-bond donors (Lipinski definition) is 2. The highest BCUT2D eigenvalue weighted by molar-refractivity contribution is 5.93. The fourth-order valence-electron chi connectivity index (χ4n) is 1.22. The third-order valence-corrected chi connectivity index (χ3v) is 1.99. The van der Waals surface area contributed by atoms with Crippen LogP contribution >= 0.6 is 0 Å². The number of rotatable bonds is 3. The van der Waals surface area contributed by atoms with Gasteiger partial charge < -0.3 is 15.6 Å². The van der Waals surface area contributed by atoms with Crippen molar-refractivity contribution in [3.05, 3.63) is 18.0 Å². The maximum Gasteiger partial charge on any atom is 0.270 e. The van der Waals surface area contributed by atoms with Crippen molar-refractivity contribution in [3.63, 3.8) is 0 Å². The SMILES string of the molecule is CCN(CC)C(=O)c1cc(N)c[nH]1. The summed E-state index contributed by atoms with van der Waals surface area (Å²) in [5.41, 5.74) is 6.65. The lowest BCUT2D eigenvalue weighted by Gasteiger charge is -2.17. The molecule has 0 aliphatic rings. The zero-order valence-corrected chi connectivity index (χ0v) is 8.00. The molecule has 13 heavy (non-hydrogen) atoms. The molecule has 1 rings (SSSR count). The summed E-state index contributed by atoms with van der Waals surface area (Å²) in [6.45, 7) is 5.34. The van der Waals surface area contributed by atoms with E-state index >= 15 is 0 Å². The number of aromatic nitrogens is 1. The van der Waals surface area contributed by atoms with E-state index in [1.165, 1.54) is 0 Å². The molecule has 4 nitrogen and oxygen atoms in total. The van der Waals surface area contributed by atoms with Gasteiger partial charge in [-0.15, -0.1) is 0 Å². The summed E-state index contributed by atoms with van der Waals surface area (Å²) in [5, 5.41) is 0. The Labute approximate surface area is 77.7 Å². The van der Waals surface area contributed by atoms with Crippen molar-refractivity contribution < 1.29 is 4.79 Å². The van der Waals surface area contributed by atoms with E-state index in [9.17, 15) is 4.79 Å². The molecule has 0 fully saturated rings. The summed E-state index contributed by atoms with van der Waals surface area (Å²) >= 11 is 0. The van der Waals surface area contributed by atoms with Crippen molar-refractivity contribution in [1.82, 2.24) is 9.88 Å². The predicted molar refractivity (Wildman–Crippen MR) is 52.5 cm³/mol. The lowest BCUT2D eigenvalue weighted by atomic mass is 10.3. The molecule has 0 aliphatic carbocycles. The van der Waals surface area contributed by atoms with Gasteiger partial charge in [-0.1, -0.05) is 0 Å².